The minimum atomic E-state index is -0.745. The standard InChI is InChI=1S/C17H23NO2/c1-12(17(19)20)15-7-6-14-8-9-18(16(14)10-15)11-13-4-2-3-5-13/h6-7,10,12-13H,2-5,8-9,11H2,1H3,(H,19,20). The van der Waals surface area contributed by atoms with Gasteiger partial charge in [0.1, 0.15) is 0 Å². The van der Waals surface area contributed by atoms with Gasteiger partial charge in [-0.3, -0.25) is 4.79 Å². The summed E-state index contributed by atoms with van der Waals surface area (Å²) in [5.74, 6) is -0.332. The van der Waals surface area contributed by atoms with Gasteiger partial charge in [0.25, 0.3) is 0 Å². The highest BCUT2D eigenvalue weighted by atomic mass is 16.4. The number of rotatable bonds is 4. The molecule has 0 saturated heterocycles. The number of fused-ring (bicyclic) bond motifs is 1. The van der Waals surface area contributed by atoms with Crippen molar-refractivity contribution in [3.63, 3.8) is 0 Å². The fourth-order valence-electron chi connectivity index (χ4n) is 3.57. The SMILES string of the molecule is CC(C(=O)O)c1ccc2c(c1)N(CC1CCCC1)CC2. The minimum Gasteiger partial charge on any atom is -0.481 e. The first kappa shape index (κ1) is 13.5. The number of nitrogens with zero attached hydrogens (tertiary/aromatic N) is 1. The molecule has 20 heavy (non-hydrogen) atoms. The van der Waals surface area contributed by atoms with Crippen LogP contribution in [0.4, 0.5) is 5.69 Å². The highest BCUT2D eigenvalue weighted by molar-refractivity contribution is 5.76. The lowest BCUT2D eigenvalue weighted by Crippen LogP contribution is -2.26. The van der Waals surface area contributed by atoms with Crippen molar-refractivity contribution in [2.45, 2.75) is 44.9 Å². The van der Waals surface area contributed by atoms with E-state index in [1.807, 2.05) is 6.07 Å². The number of hydrogen-bond acceptors (Lipinski definition) is 2. The predicted octanol–water partition coefficient (Wildman–Crippen LogP) is 3.43. The van der Waals surface area contributed by atoms with Crippen molar-refractivity contribution >= 4 is 11.7 Å². The molecule has 1 aliphatic heterocycles. The molecule has 0 aromatic heterocycles. The quantitative estimate of drug-likeness (QED) is 0.913. The van der Waals surface area contributed by atoms with E-state index in [0.29, 0.717) is 0 Å². The summed E-state index contributed by atoms with van der Waals surface area (Å²) >= 11 is 0. The molecule has 1 heterocycles. The van der Waals surface area contributed by atoms with Crippen molar-refractivity contribution in [1.29, 1.82) is 0 Å². The molecular weight excluding hydrogens is 250 g/mol. The van der Waals surface area contributed by atoms with Crippen molar-refractivity contribution in [3.8, 4) is 0 Å². The van der Waals surface area contributed by atoms with Crippen LogP contribution in [0.2, 0.25) is 0 Å². The molecule has 2 aliphatic rings. The van der Waals surface area contributed by atoms with Gasteiger partial charge in [-0.1, -0.05) is 25.0 Å². The second-order valence-electron chi connectivity index (χ2n) is 6.29. The molecule has 1 aliphatic carbocycles. The van der Waals surface area contributed by atoms with Gasteiger partial charge in [-0.2, -0.15) is 0 Å². The topological polar surface area (TPSA) is 40.5 Å². The van der Waals surface area contributed by atoms with Crippen molar-refractivity contribution in [2.75, 3.05) is 18.0 Å². The molecule has 3 nitrogen and oxygen atoms in total. The molecule has 1 unspecified atom stereocenters. The third kappa shape index (κ3) is 2.54. The third-order valence-electron chi connectivity index (χ3n) is 4.92. The maximum absolute atomic E-state index is 11.1. The van der Waals surface area contributed by atoms with Crippen LogP contribution in [0.3, 0.4) is 0 Å². The number of benzene rings is 1. The number of carboxylic acids is 1. The molecule has 0 bridgehead atoms. The Balaban J connectivity index is 1.79. The van der Waals surface area contributed by atoms with Gasteiger partial charge in [0.05, 0.1) is 5.92 Å². The van der Waals surface area contributed by atoms with Crippen LogP contribution in [0, 0.1) is 5.92 Å². The van der Waals surface area contributed by atoms with Crippen LogP contribution < -0.4 is 4.90 Å². The zero-order valence-electron chi connectivity index (χ0n) is 12.1. The van der Waals surface area contributed by atoms with E-state index in [-0.39, 0.29) is 0 Å². The van der Waals surface area contributed by atoms with Gasteiger partial charge in [-0.05, 0) is 49.3 Å². The summed E-state index contributed by atoms with van der Waals surface area (Å²) in [6, 6.07) is 6.21. The first-order valence-corrected chi connectivity index (χ1v) is 7.75. The normalized spacial score (nSPS) is 20.1. The molecule has 0 spiro atoms. The van der Waals surface area contributed by atoms with E-state index in [1.165, 1.54) is 36.9 Å². The van der Waals surface area contributed by atoms with Crippen LogP contribution in [0.15, 0.2) is 18.2 Å². The first-order valence-electron chi connectivity index (χ1n) is 7.75. The van der Waals surface area contributed by atoms with Gasteiger partial charge in [-0.15, -0.1) is 0 Å². The van der Waals surface area contributed by atoms with Crippen LogP contribution in [0.25, 0.3) is 0 Å². The van der Waals surface area contributed by atoms with Crippen LogP contribution >= 0.6 is 0 Å². The molecule has 1 N–H and O–H groups in total. The molecule has 1 aromatic carbocycles. The van der Waals surface area contributed by atoms with E-state index in [2.05, 4.69) is 17.0 Å². The summed E-state index contributed by atoms with van der Waals surface area (Å²) in [4.78, 5) is 13.6. The molecule has 1 fully saturated rings. The summed E-state index contributed by atoms with van der Waals surface area (Å²) in [6.07, 6.45) is 6.57. The first-order chi connectivity index (χ1) is 9.65. The summed E-state index contributed by atoms with van der Waals surface area (Å²) in [6.45, 7) is 4.01. The minimum absolute atomic E-state index is 0.422. The molecule has 1 aromatic rings. The zero-order chi connectivity index (χ0) is 14.1. The maximum atomic E-state index is 11.1. The number of hydrogen-bond donors (Lipinski definition) is 1. The Hall–Kier alpha value is -1.51. The van der Waals surface area contributed by atoms with Gasteiger partial charge in [-0.25, -0.2) is 0 Å². The predicted molar refractivity (Wildman–Crippen MR) is 80.4 cm³/mol. The lowest BCUT2D eigenvalue weighted by atomic mass is 9.98. The Labute approximate surface area is 120 Å². The Morgan fingerprint density at radius 3 is 2.85 bits per heavy atom. The Kier molecular flexibility index (Phi) is 3.68. The maximum Gasteiger partial charge on any atom is 0.310 e. The molecule has 0 amide bonds. The number of carboxylic acid groups (broad SMARTS) is 1. The van der Waals surface area contributed by atoms with E-state index >= 15 is 0 Å². The highest BCUT2D eigenvalue weighted by Crippen LogP contribution is 2.34. The lowest BCUT2D eigenvalue weighted by Gasteiger charge is -2.24. The molecule has 0 radical (unpaired) electrons. The van der Waals surface area contributed by atoms with Gasteiger partial charge >= 0.3 is 5.97 Å². The van der Waals surface area contributed by atoms with E-state index < -0.39 is 11.9 Å². The Bertz CT molecular complexity index is 506. The summed E-state index contributed by atoms with van der Waals surface area (Å²) in [5, 5.41) is 9.17. The number of anilines is 1. The van der Waals surface area contributed by atoms with Crippen LogP contribution in [-0.2, 0) is 11.2 Å². The smallest absolute Gasteiger partial charge is 0.310 e. The highest BCUT2D eigenvalue weighted by Gasteiger charge is 2.25. The second-order valence-corrected chi connectivity index (χ2v) is 6.29. The molecule has 1 saturated carbocycles. The van der Waals surface area contributed by atoms with Crippen molar-refractivity contribution in [3.05, 3.63) is 29.3 Å². The van der Waals surface area contributed by atoms with Crippen LogP contribution in [0.1, 0.15) is 49.7 Å². The van der Waals surface area contributed by atoms with Gasteiger partial charge in [0.2, 0.25) is 0 Å². The Morgan fingerprint density at radius 2 is 2.15 bits per heavy atom. The Morgan fingerprint density at radius 1 is 1.40 bits per heavy atom. The second kappa shape index (κ2) is 5.47. The van der Waals surface area contributed by atoms with E-state index in [0.717, 1.165) is 31.0 Å². The van der Waals surface area contributed by atoms with Crippen molar-refractivity contribution < 1.29 is 9.90 Å². The monoisotopic (exact) mass is 273 g/mol. The van der Waals surface area contributed by atoms with E-state index in [4.69, 9.17) is 5.11 Å². The average molecular weight is 273 g/mol. The van der Waals surface area contributed by atoms with Crippen LogP contribution in [-0.4, -0.2) is 24.2 Å². The molecule has 3 heteroatoms. The lowest BCUT2D eigenvalue weighted by molar-refractivity contribution is -0.138. The summed E-state index contributed by atoms with van der Waals surface area (Å²) < 4.78 is 0. The van der Waals surface area contributed by atoms with Gasteiger partial charge < -0.3 is 10.0 Å². The summed E-state index contributed by atoms with van der Waals surface area (Å²) in [7, 11) is 0. The third-order valence-corrected chi connectivity index (χ3v) is 4.92. The average Bonchev–Trinajstić information content (AvgIpc) is 3.08. The largest absolute Gasteiger partial charge is 0.481 e. The molecule has 3 rings (SSSR count). The summed E-state index contributed by atoms with van der Waals surface area (Å²) in [5.41, 5.74) is 3.58. The van der Waals surface area contributed by atoms with Crippen LogP contribution in [0.5, 0.6) is 0 Å². The molecular formula is C17H23NO2. The van der Waals surface area contributed by atoms with E-state index in [9.17, 15) is 4.79 Å². The fourth-order valence-corrected chi connectivity index (χ4v) is 3.57. The zero-order valence-corrected chi connectivity index (χ0v) is 12.1. The van der Waals surface area contributed by atoms with Gasteiger partial charge in [0.15, 0.2) is 0 Å². The number of aliphatic carboxylic acids is 1. The molecule has 1 atom stereocenters. The van der Waals surface area contributed by atoms with Crippen molar-refractivity contribution in [2.24, 2.45) is 5.92 Å². The van der Waals surface area contributed by atoms with Gasteiger partial charge in [0, 0.05) is 18.8 Å². The number of carbonyl (C=O) groups is 1. The van der Waals surface area contributed by atoms with Crippen molar-refractivity contribution in [1.82, 2.24) is 0 Å². The fraction of sp³-hybridized carbons (Fsp3) is 0.588. The van der Waals surface area contributed by atoms with E-state index in [1.54, 1.807) is 6.92 Å². The molecule has 108 valence electrons.